The number of rotatable bonds is 6. The normalized spacial score (nSPS) is 15.7. The Morgan fingerprint density at radius 2 is 1.90 bits per heavy atom. The average molecular weight is 393 g/mol. The first-order valence-corrected chi connectivity index (χ1v) is 9.69. The SMILES string of the molecule is O=C(NCCn1nc(-n2cccn2)ccc1=O)C1(c2ccccc2)CCOCC1. The zero-order valence-electron chi connectivity index (χ0n) is 16.0. The first-order valence-electron chi connectivity index (χ1n) is 9.69. The van der Waals surface area contributed by atoms with Crippen LogP contribution in [-0.4, -0.2) is 45.2 Å². The summed E-state index contributed by atoms with van der Waals surface area (Å²) in [5.74, 6) is 0.509. The quantitative estimate of drug-likeness (QED) is 0.682. The Labute approximate surface area is 168 Å². The summed E-state index contributed by atoms with van der Waals surface area (Å²) in [4.78, 5) is 25.3. The predicted molar refractivity (Wildman–Crippen MR) is 107 cm³/mol. The minimum absolute atomic E-state index is 0.0386. The van der Waals surface area contributed by atoms with Crippen LogP contribution in [0.25, 0.3) is 5.82 Å². The van der Waals surface area contributed by atoms with E-state index in [-0.39, 0.29) is 18.0 Å². The molecule has 1 aliphatic heterocycles. The number of nitrogens with zero attached hydrogens (tertiary/aromatic N) is 4. The number of ether oxygens (including phenoxy) is 1. The topological polar surface area (TPSA) is 91.0 Å². The van der Waals surface area contributed by atoms with Crippen molar-refractivity contribution in [2.24, 2.45) is 0 Å². The number of nitrogens with one attached hydrogen (secondary N) is 1. The molecule has 1 aromatic carbocycles. The van der Waals surface area contributed by atoms with Crippen LogP contribution in [-0.2, 0) is 21.5 Å². The van der Waals surface area contributed by atoms with E-state index in [2.05, 4.69) is 15.5 Å². The Balaban J connectivity index is 1.47. The Bertz CT molecular complexity index is 1010. The monoisotopic (exact) mass is 393 g/mol. The standard InChI is InChI=1S/C21H23N5O3/c27-19-8-7-18(25-13-4-11-23-25)24-26(19)14-12-22-20(28)21(9-15-29-16-10-21)17-5-2-1-3-6-17/h1-8,11,13H,9-10,12,14-16H2,(H,22,28). The number of hydrogen-bond donors (Lipinski definition) is 1. The Morgan fingerprint density at radius 3 is 2.62 bits per heavy atom. The van der Waals surface area contributed by atoms with Gasteiger partial charge in [0.25, 0.3) is 5.56 Å². The van der Waals surface area contributed by atoms with Crippen molar-refractivity contribution in [2.45, 2.75) is 24.8 Å². The van der Waals surface area contributed by atoms with E-state index in [0.717, 1.165) is 5.56 Å². The zero-order chi connectivity index (χ0) is 20.1. The maximum absolute atomic E-state index is 13.2. The molecule has 150 valence electrons. The van der Waals surface area contributed by atoms with Gasteiger partial charge in [0.1, 0.15) is 0 Å². The molecule has 0 unspecified atom stereocenters. The van der Waals surface area contributed by atoms with E-state index in [1.165, 1.54) is 10.7 Å². The molecule has 1 aliphatic rings. The van der Waals surface area contributed by atoms with Crippen LogP contribution < -0.4 is 10.9 Å². The highest BCUT2D eigenvalue weighted by molar-refractivity contribution is 5.88. The fourth-order valence-electron chi connectivity index (χ4n) is 3.69. The second-order valence-corrected chi connectivity index (χ2v) is 7.02. The number of amides is 1. The Morgan fingerprint density at radius 1 is 1.10 bits per heavy atom. The van der Waals surface area contributed by atoms with Gasteiger partial charge in [-0.3, -0.25) is 9.59 Å². The third-order valence-corrected chi connectivity index (χ3v) is 5.31. The molecule has 1 fully saturated rings. The van der Waals surface area contributed by atoms with Gasteiger partial charge in [-0.25, -0.2) is 9.36 Å². The molecule has 3 heterocycles. The smallest absolute Gasteiger partial charge is 0.266 e. The molecule has 3 aromatic rings. The molecular weight excluding hydrogens is 370 g/mol. The average Bonchev–Trinajstić information content (AvgIpc) is 3.31. The van der Waals surface area contributed by atoms with Crippen LogP contribution >= 0.6 is 0 Å². The molecule has 29 heavy (non-hydrogen) atoms. The predicted octanol–water partition coefficient (Wildman–Crippen LogP) is 1.29. The van der Waals surface area contributed by atoms with Gasteiger partial charge in [-0.15, -0.1) is 5.10 Å². The van der Waals surface area contributed by atoms with E-state index in [1.807, 2.05) is 30.3 Å². The molecule has 0 atom stereocenters. The van der Waals surface area contributed by atoms with Gasteiger partial charge in [0.05, 0.1) is 12.0 Å². The van der Waals surface area contributed by atoms with Crippen molar-refractivity contribution in [2.75, 3.05) is 19.8 Å². The van der Waals surface area contributed by atoms with Crippen LogP contribution in [0, 0.1) is 0 Å². The molecule has 0 bridgehead atoms. The molecule has 2 aromatic heterocycles. The molecule has 0 spiro atoms. The molecule has 0 radical (unpaired) electrons. The van der Waals surface area contributed by atoms with Gasteiger partial charge < -0.3 is 10.1 Å². The molecule has 0 aliphatic carbocycles. The van der Waals surface area contributed by atoms with Gasteiger partial charge >= 0.3 is 0 Å². The summed E-state index contributed by atoms with van der Waals surface area (Å²) in [6.07, 6.45) is 4.67. The Hall–Kier alpha value is -3.26. The second kappa shape index (κ2) is 8.40. The van der Waals surface area contributed by atoms with Crippen molar-refractivity contribution in [3.63, 3.8) is 0 Å². The van der Waals surface area contributed by atoms with Crippen LogP contribution in [0.5, 0.6) is 0 Å². The lowest BCUT2D eigenvalue weighted by Crippen LogP contribution is -2.49. The van der Waals surface area contributed by atoms with Gasteiger partial charge in [-0.2, -0.15) is 5.10 Å². The third kappa shape index (κ3) is 3.97. The van der Waals surface area contributed by atoms with Crippen molar-refractivity contribution in [3.05, 3.63) is 76.8 Å². The molecule has 1 saturated heterocycles. The molecule has 1 N–H and O–H groups in total. The molecular formula is C21H23N5O3. The van der Waals surface area contributed by atoms with Gasteiger partial charge in [0, 0.05) is 38.2 Å². The minimum Gasteiger partial charge on any atom is -0.381 e. The van der Waals surface area contributed by atoms with Crippen LogP contribution in [0.4, 0.5) is 0 Å². The largest absolute Gasteiger partial charge is 0.381 e. The summed E-state index contributed by atoms with van der Waals surface area (Å²) in [6.45, 7) is 1.69. The van der Waals surface area contributed by atoms with Crippen molar-refractivity contribution < 1.29 is 9.53 Å². The lowest BCUT2D eigenvalue weighted by molar-refractivity contribution is -0.130. The van der Waals surface area contributed by atoms with Gasteiger partial charge in [-0.1, -0.05) is 30.3 Å². The van der Waals surface area contributed by atoms with Crippen LogP contribution in [0.3, 0.4) is 0 Å². The lowest BCUT2D eigenvalue weighted by Gasteiger charge is -2.36. The van der Waals surface area contributed by atoms with E-state index < -0.39 is 5.41 Å². The highest BCUT2D eigenvalue weighted by Crippen LogP contribution is 2.35. The first kappa shape index (κ1) is 19.1. The van der Waals surface area contributed by atoms with E-state index >= 15 is 0 Å². The van der Waals surface area contributed by atoms with Gasteiger partial charge in [0.2, 0.25) is 5.91 Å². The summed E-state index contributed by atoms with van der Waals surface area (Å²) in [7, 11) is 0. The maximum Gasteiger partial charge on any atom is 0.266 e. The van der Waals surface area contributed by atoms with Crippen molar-refractivity contribution in [1.29, 1.82) is 0 Å². The summed E-state index contributed by atoms with van der Waals surface area (Å²) >= 11 is 0. The van der Waals surface area contributed by atoms with Crippen LogP contribution in [0.1, 0.15) is 18.4 Å². The third-order valence-electron chi connectivity index (χ3n) is 5.31. The van der Waals surface area contributed by atoms with E-state index in [4.69, 9.17) is 4.74 Å². The number of benzene rings is 1. The molecule has 0 saturated carbocycles. The summed E-state index contributed by atoms with van der Waals surface area (Å²) in [5.41, 5.74) is 0.171. The maximum atomic E-state index is 13.2. The van der Waals surface area contributed by atoms with Crippen molar-refractivity contribution in [1.82, 2.24) is 24.9 Å². The second-order valence-electron chi connectivity index (χ2n) is 7.02. The first-order chi connectivity index (χ1) is 14.2. The fourth-order valence-corrected chi connectivity index (χ4v) is 3.69. The van der Waals surface area contributed by atoms with Crippen molar-refractivity contribution >= 4 is 5.91 Å². The molecule has 8 nitrogen and oxygen atoms in total. The Kier molecular flexibility index (Phi) is 5.53. The molecule has 1 amide bonds. The highest BCUT2D eigenvalue weighted by Gasteiger charge is 2.41. The lowest BCUT2D eigenvalue weighted by atomic mass is 9.73. The number of carbonyl (C=O) groups excluding carboxylic acids is 1. The number of hydrogen-bond acceptors (Lipinski definition) is 5. The highest BCUT2D eigenvalue weighted by atomic mass is 16.5. The molecule has 8 heteroatoms. The zero-order valence-corrected chi connectivity index (χ0v) is 16.0. The summed E-state index contributed by atoms with van der Waals surface area (Å²) in [5, 5.41) is 11.5. The van der Waals surface area contributed by atoms with E-state index in [1.54, 1.807) is 29.2 Å². The van der Waals surface area contributed by atoms with Crippen LogP contribution in [0.2, 0.25) is 0 Å². The summed E-state index contributed by atoms with van der Waals surface area (Å²) in [6, 6.07) is 14.7. The molecule has 4 rings (SSSR count). The fraction of sp³-hybridized carbons (Fsp3) is 0.333. The summed E-state index contributed by atoms with van der Waals surface area (Å²) < 4.78 is 8.42. The van der Waals surface area contributed by atoms with Gasteiger partial charge in [-0.05, 0) is 30.5 Å². The minimum atomic E-state index is -0.602. The van der Waals surface area contributed by atoms with Crippen molar-refractivity contribution in [3.8, 4) is 5.82 Å². The van der Waals surface area contributed by atoms with Crippen LogP contribution in [0.15, 0.2) is 65.7 Å². The number of carbonyl (C=O) groups is 1. The number of aromatic nitrogens is 4. The van der Waals surface area contributed by atoms with Gasteiger partial charge in [0.15, 0.2) is 5.82 Å². The van der Waals surface area contributed by atoms with E-state index in [9.17, 15) is 9.59 Å². The van der Waals surface area contributed by atoms with E-state index in [0.29, 0.717) is 38.4 Å².